The van der Waals surface area contributed by atoms with E-state index in [1.165, 1.54) is 12.8 Å². The first-order valence-corrected chi connectivity index (χ1v) is 8.20. The third-order valence-corrected chi connectivity index (χ3v) is 4.59. The standard InChI is InChI=1S/C16H26N4O/c1-12(2)20-10-7-17-15(16(20)21)19-8-5-13(6-9-19)11-18-14-3-4-14/h7,10,12-14,18H,3-6,8-9,11H2,1-2H3. The smallest absolute Gasteiger partial charge is 0.293 e. The van der Waals surface area contributed by atoms with Gasteiger partial charge in [-0.3, -0.25) is 4.79 Å². The molecule has 0 aromatic carbocycles. The van der Waals surface area contributed by atoms with Crippen molar-refractivity contribution < 1.29 is 0 Å². The van der Waals surface area contributed by atoms with Crippen molar-refractivity contribution in [2.24, 2.45) is 5.92 Å². The molecule has 0 atom stereocenters. The average Bonchev–Trinajstić information content (AvgIpc) is 3.30. The van der Waals surface area contributed by atoms with Gasteiger partial charge in [-0.1, -0.05) is 0 Å². The fraction of sp³-hybridized carbons (Fsp3) is 0.750. The van der Waals surface area contributed by atoms with Gasteiger partial charge in [0.2, 0.25) is 0 Å². The second-order valence-electron chi connectivity index (χ2n) is 6.67. The Morgan fingerprint density at radius 2 is 2.00 bits per heavy atom. The molecule has 0 unspecified atom stereocenters. The molecule has 2 heterocycles. The molecule has 21 heavy (non-hydrogen) atoms. The maximum atomic E-state index is 12.5. The lowest BCUT2D eigenvalue weighted by Crippen LogP contribution is -2.41. The lowest BCUT2D eigenvalue weighted by Gasteiger charge is -2.32. The Hall–Kier alpha value is -1.36. The third kappa shape index (κ3) is 3.46. The van der Waals surface area contributed by atoms with Gasteiger partial charge < -0.3 is 14.8 Å². The highest BCUT2D eigenvalue weighted by Crippen LogP contribution is 2.23. The van der Waals surface area contributed by atoms with Gasteiger partial charge in [-0.15, -0.1) is 0 Å². The summed E-state index contributed by atoms with van der Waals surface area (Å²) in [6.45, 7) is 7.08. The van der Waals surface area contributed by atoms with Crippen LogP contribution in [0.25, 0.3) is 0 Å². The zero-order chi connectivity index (χ0) is 14.8. The summed E-state index contributed by atoms with van der Waals surface area (Å²) >= 11 is 0. The highest BCUT2D eigenvalue weighted by Gasteiger charge is 2.25. The van der Waals surface area contributed by atoms with Crippen molar-refractivity contribution in [3.8, 4) is 0 Å². The number of rotatable bonds is 5. The van der Waals surface area contributed by atoms with E-state index in [4.69, 9.17) is 0 Å². The maximum Gasteiger partial charge on any atom is 0.293 e. The van der Waals surface area contributed by atoms with Gasteiger partial charge in [0.1, 0.15) is 0 Å². The molecule has 1 aliphatic heterocycles. The Kier molecular flexibility index (Phi) is 4.29. The number of hydrogen-bond acceptors (Lipinski definition) is 4. The van der Waals surface area contributed by atoms with Gasteiger partial charge in [-0.2, -0.15) is 0 Å². The molecule has 5 heteroatoms. The molecular formula is C16H26N4O. The summed E-state index contributed by atoms with van der Waals surface area (Å²) in [7, 11) is 0. The van der Waals surface area contributed by atoms with E-state index in [1.54, 1.807) is 17.0 Å². The average molecular weight is 290 g/mol. The molecule has 1 saturated heterocycles. The minimum atomic E-state index is 0.0436. The molecule has 1 aromatic heterocycles. The molecule has 3 rings (SSSR count). The number of anilines is 1. The Balaban J connectivity index is 1.61. The highest BCUT2D eigenvalue weighted by atomic mass is 16.1. The molecule has 0 spiro atoms. The fourth-order valence-corrected chi connectivity index (χ4v) is 3.01. The van der Waals surface area contributed by atoms with Crippen LogP contribution in [-0.4, -0.2) is 35.2 Å². The minimum Gasteiger partial charge on any atom is -0.352 e. The zero-order valence-corrected chi connectivity index (χ0v) is 13.1. The summed E-state index contributed by atoms with van der Waals surface area (Å²) in [5.74, 6) is 1.37. The van der Waals surface area contributed by atoms with Crippen LogP contribution in [0.1, 0.15) is 45.6 Å². The molecule has 2 fully saturated rings. The number of nitrogens with one attached hydrogen (secondary N) is 1. The van der Waals surface area contributed by atoms with E-state index >= 15 is 0 Å². The summed E-state index contributed by atoms with van der Waals surface area (Å²) in [4.78, 5) is 19.0. The highest BCUT2D eigenvalue weighted by molar-refractivity contribution is 5.36. The van der Waals surface area contributed by atoms with Crippen LogP contribution in [0.4, 0.5) is 5.82 Å². The SMILES string of the molecule is CC(C)n1ccnc(N2CCC(CNC3CC3)CC2)c1=O. The van der Waals surface area contributed by atoms with E-state index in [0.29, 0.717) is 5.82 Å². The van der Waals surface area contributed by atoms with Crippen LogP contribution in [0.3, 0.4) is 0 Å². The quantitative estimate of drug-likeness (QED) is 0.898. The van der Waals surface area contributed by atoms with Crippen molar-refractivity contribution in [3.63, 3.8) is 0 Å². The predicted molar refractivity (Wildman–Crippen MR) is 84.8 cm³/mol. The van der Waals surface area contributed by atoms with Crippen molar-refractivity contribution in [3.05, 3.63) is 22.7 Å². The Morgan fingerprint density at radius 1 is 1.29 bits per heavy atom. The lowest BCUT2D eigenvalue weighted by atomic mass is 9.97. The van der Waals surface area contributed by atoms with Crippen LogP contribution in [-0.2, 0) is 0 Å². The van der Waals surface area contributed by atoms with Gasteiger partial charge in [0.15, 0.2) is 5.82 Å². The van der Waals surface area contributed by atoms with Crippen LogP contribution in [0.2, 0.25) is 0 Å². The Labute approximate surface area is 126 Å². The summed E-state index contributed by atoms with van der Waals surface area (Å²) in [5, 5.41) is 3.62. The second kappa shape index (κ2) is 6.18. The first kappa shape index (κ1) is 14.6. The molecule has 116 valence electrons. The van der Waals surface area contributed by atoms with Crippen LogP contribution < -0.4 is 15.8 Å². The summed E-state index contributed by atoms with van der Waals surface area (Å²) in [5.41, 5.74) is 0.0436. The molecule has 0 bridgehead atoms. The Morgan fingerprint density at radius 3 is 2.62 bits per heavy atom. The monoisotopic (exact) mass is 290 g/mol. The maximum absolute atomic E-state index is 12.5. The van der Waals surface area contributed by atoms with Crippen molar-refractivity contribution in [1.82, 2.24) is 14.9 Å². The largest absolute Gasteiger partial charge is 0.352 e. The molecule has 0 amide bonds. The van der Waals surface area contributed by atoms with E-state index in [9.17, 15) is 4.79 Å². The van der Waals surface area contributed by atoms with E-state index in [0.717, 1.165) is 44.4 Å². The predicted octanol–water partition coefficient (Wildman–Crippen LogP) is 1.79. The van der Waals surface area contributed by atoms with Crippen LogP contribution in [0.5, 0.6) is 0 Å². The van der Waals surface area contributed by atoms with Gasteiger partial charge in [0.05, 0.1) is 0 Å². The van der Waals surface area contributed by atoms with E-state index in [1.807, 2.05) is 13.8 Å². The van der Waals surface area contributed by atoms with Gasteiger partial charge in [0.25, 0.3) is 5.56 Å². The summed E-state index contributed by atoms with van der Waals surface area (Å²) in [6, 6.07) is 0.969. The van der Waals surface area contributed by atoms with E-state index < -0.39 is 0 Å². The summed E-state index contributed by atoms with van der Waals surface area (Å²) in [6.07, 6.45) is 8.53. The first-order chi connectivity index (χ1) is 10.1. The number of aromatic nitrogens is 2. The Bertz CT molecular complexity index is 527. The molecule has 2 aliphatic rings. The molecule has 1 aromatic rings. The summed E-state index contributed by atoms with van der Waals surface area (Å²) < 4.78 is 1.77. The van der Waals surface area contributed by atoms with E-state index in [-0.39, 0.29) is 11.6 Å². The first-order valence-electron chi connectivity index (χ1n) is 8.20. The number of nitrogens with zero attached hydrogens (tertiary/aromatic N) is 3. The van der Waals surface area contributed by atoms with Crippen molar-refractivity contribution >= 4 is 5.82 Å². The van der Waals surface area contributed by atoms with Gasteiger partial charge in [0, 0.05) is 37.6 Å². The fourth-order valence-electron chi connectivity index (χ4n) is 3.01. The van der Waals surface area contributed by atoms with Gasteiger partial charge in [-0.05, 0) is 52.0 Å². The zero-order valence-electron chi connectivity index (χ0n) is 13.1. The minimum absolute atomic E-state index is 0.0436. The van der Waals surface area contributed by atoms with Crippen molar-refractivity contribution in [2.75, 3.05) is 24.5 Å². The van der Waals surface area contributed by atoms with Crippen molar-refractivity contribution in [2.45, 2.75) is 51.6 Å². The van der Waals surface area contributed by atoms with Gasteiger partial charge >= 0.3 is 0 Å². The second-order valence-corrected chi connectivity index (χ2v) is 6.67. The molecule has 1 aliphatic carbocycles. The molecule has 1 N–H and O–H groups in total. The molecular weight excluding hydrogens is 264 g/mol. The molecule has 5 nitrogen and oxygen atoms in total. The number of hydrogen-bond donors (Lipinski definition) is 1. The lowest BCUT2D eigenvalue weighted by molar-refractivity contribution is 0.379. The molecule has 1 saturated carbocycles. The van der Waals surface area contributed by atoms with Crippen LogP contribution >= 0.6 is 0 Å². The van der Waals surface area contributed by atoms with Crippen molar-refractivity contribution in [1.29, 1.82) is 0 Å². The van der Waals surface area contributed by atoms with Crippen LogP contribution in [0, 0.1) is 5.92 Å². The topological polar surface area (TPSA) is 50.2 Å². The van der Waals surface area contributed by atoms with E-state index in [2.05, 4.69) is 15.2 Å². The normalized spacial score (nSPS) is 20.2. The number of piperidine rings is 1. The van der Waals surface area contributed by atoms with Crippen LogP contribution in [0.15, 0.2) is 17.2 Å². The van der Waals surface area contributed by atoms with Gasteiger partial charge in [-0.25, -0.2) is 4.98 Å². The molecule has 0 radical (unpaired) electrons. The third-order valence-electron chi connectivity index (χ3n) is 4.59.